The predicted octanol–water partition coefficient (Wildman–Crippen LogP) is 3.99. The summed E-state index contributed by atoms with van der Waals surface area (Å²) in [6, 6.07) is 18.2. The number of fused-ring (bicyclic) bond motifs is 2. The van der Waals surface area contributed by atoms with Gasteiger partial charge in [-0.1, -0.05) is 48.0 Å². The quantitative estimate of drug-likeness (QED) is 0.585. The van der Waals surface area contributed by atoms with Gasteiger partial charge in [-0.2, -0.15) is 5.10 Å². The second kappa shape index (κ2) is 6.28. The van der Waals surface area contributed by atoms with Crippen LogP contribution in [0.15, 0.2) is 65.5 Å². The number of nitrogens with one attached hydrogen (secondary N) is 1. The van der Waals surface area contributed by atoms with Crippen LogP contribution in [-0.4, -0.2) is 15.7 Å². The fourth-order valence-corrected chi connectivity index (χ4v) is 3.19. The van der Waals surface area contributed by atoms with Crippen molar-refractivity contribution in [2.24, 2.45) is 7.05 Å². The first-order valence-electron chi connectivity index (χ1n) is 8.00. The summed E-state index contributed by atoms with van der Waals surface area (Å²) in [4.78, 5) is 25.5. The first-order valence-corrected chi connectivity index (χ1v) is 8.38. The van der Waals surface area contributed by atoms with E-state index in [-0.39, 0.29) is 5.69 Å². The lowest BCUT2D eigenvalue weighted by atomic mass is 10.1. The lowest BCUT2D eigenvalue weighted by molar-refractivity contribution is 0.101. The van der Waals surface area contributed by atoms with E-state index in [1.807, 2.05) is 36.4 Å². The van der Waals surface area contributed by atoms with Gasteiger partial charge in [-0.25, -0.2) is 0 Å². The van der Waals surface area contributed by atoms with Gasteiger partial charge in [-0.05, 0) is 29.7 Å². The fraction of sp³-hybridized carbons (Fsp3) is 0.0500. The monoisotopic (exact) mass is 363 g/mol. The van der Waals surface area contributed by atoms with Crippen molar-refractivity contribution in [3.63, 3.8) is 0 Å². The van der Waals surface area contributed by atoms with Gasteiger partial charge >= 0.3 is 0 Å². The molecule has 0 spiro atoms. The van der Waals surface area contributed by atoms with Crippen molar-refractivity contribution in [1.82, 2.24) is 9.78 Å². The van der Waals surface area contributed by atoms with E-state index >= 15 is 0 Å². The van der Waals surface area contributed by atoms with E-state index in [0.29, 0.717) is 21.6 Å². The van der Waals surface area contributed by atoms with E-state index < -0.39 is 11.3 Å². The molecule has 0 saturated heterocycles. The maximum Gasteiger partial charge on any atom is 0.280 e. The molecule has 0 unspecified atom stereocenters. The van der Waals surface area contributed by atoms with E-state index in [1.54, 1.807) is 31.3 Å². The van der Waals surface area contributed by atoms with Crippen molar-refractivity contribution >= 4 is 44.9 Å². The molecule has 1 N–H and O–H groups in total. The molecule has 0 saturated carbocycles. The van der Waals surface area contributed by atoms with Crippen molar-refractivity contribution in [3.05, 3.63) is 81.6 Å². The maximum absolute atomic E-state index is 12.7. The van der Waals surface area contributed by atoms with Crippen LogP contribution < -0.4 is 10.7 Å². The number of rotatable bonds is 2. The number of carbonyl (C=O) groups excluding carboxylic acids is 1. The normalized spacial score (nSPS) is 11.0. The van der Waals surface area contributed by atoms with Crippen molar-refractivity contribution in [3.8, 4) is 0 Å². The summed E-state index contributed by atoms with van der Waals surface area (Å²) in [5.41, 5.74) is 0.623. The van der Waals surface area contributed by atoms with Gasteiger partial charge in [0.2, 0.25) is 5.43 Å². The number of aromatic nitrogens is 2. The Kier molecular flexibility index (Phi) is 3.93. The van der Waals surface area contributed by atoms with Crippen LogP contribution in [0.2, 0.25) is 5.02 Å². The summed E-state index contributed by atoms with van der Waals surface area (Å²) in [6.45, 7) is 0. The zero-order valence-electron chi connectivity index (χ0n) is 13.9. The Labute approximate surface area is 153 Å². The third-order valence-corrected chi connectivity index (χ3v) is 4.50. The molecule has 1 amide bonds. The summed E-state index contributed by atoms with van der Waals surface area (Å²) in [5.74, 6) is -0.552. The van der Waals surface area contributed by atoms with Crippen LogP contribution in [0.3, 0.4) is 0 Å². The number of anilines is 1. The average molecular weight is 364 g/mol. The van der Waals surface area contributed by atoms with Gasteiger partial charge in [0.05, 0.1) is 10.9 Å². The van der Waals surface area contributed by atoms with Crippen LogP contribution in [-0.2, 0) is 7.05 Å². The molecule has 0 aliphatic carbocycles. The van der Waals surface area contributed by atoms with Gasteiger partial charge in [-0.3, -0.25) is 14.3 Å². The highest BCUT2D eigenvalue weighted by molar-refractivity contribution is 6.31. The first kappa shape index (κ1) is 16.3. The van der Waals surface area contributed by atoms with Gasteiger partial charge in [0.25, 0.3) is 5.91 Å². The second-order valence-electron chi connectivity index (χ2n) is 5.94. The minimum atomic E-state index is -0.552. The Bertz CT molecular complexity index is 1230. The van der Waals surface area contributed by atoms with E-state index in [2.05, 4.69) is 10.4 Å². The number of hydrogen-bond donors (Lipinski definition) is 1. The highest BCUT2D eigenvalue weighted by Crippen LogP contribution is 2.23. The van der Waals surface area contributed by atoms with Crippen LogP contribution in [0.1, 0.15) is 10.5 Å². The number of carbonyl (C=O) groups is 1. The molecule has 0 aliphatic heterocycles. The molecule has 4 rings (SSSR count). The first-order chi connectivity index (χ1) is 12.5. The number of hydrogen-bond acceptors (Lipinski definition) is 3. The van der Waals surface area contributed by atoms with Crippen molar-refractivity contribution in [2.75, 3.05) is 5.32 Å². The molecule has 1 heterocycles. The molecule has 0 fully saturated rings. The standard InChI is InChI=1S/C20H14ClN3O2/c1-24-17-10-9-13(21)11-15(17)19(25)18(23-24)20(26)22-16-8-4-6-12-5-2-3-7-14(12)16/h2-11H,1H3,(H,22,26). The van der Waals surface area contributed by atoms with E-state index in [4.69, 9.17) is 11.6 Å². The Morgan fingerprint density at radius 3 is 2.65 bits per heavy atom. The van der Waals surface area contributed by atoms with Crippen molar-refractivity contribution in [1.29, 1.82) is 0 Å². The average Bonchev–Trinajstić information content (AvgIpc) is 2.65. The predicted molar refractivity (Wildman–Crippen MR) is 104 cm³/mol. The summed E-state index contributed by atoms with van der Waals surface area (Å²) in [6.07, 6.45) is 0. The summed E-state index contributed by atoms with van der Waals surface area (Å²) < 4.78 is 1.51. The molecule has 0 radical (unpaired) electrons. The molecule has 6 heteroatoms. The Morgan fingerprint density at radius 1 is 1.04 bits per heavy atom. The van der Waals surface area contributed by atoms with Crippen molar-refractivity contribution in [2.45, 2.75) is 0 Å². The smallest absolute Gasteiger partial charge is 0.280 e. The molecule has 0 aliphatic rings. The number of benzene rings is 3. The molecule has 0 bridgehead atoms. The highest BCUT2D eigenvalue weighted by atomic mass is 35.5. The topological polar surface area (TPSA) is 64.0 Å². The lowest BCUT2D eigenvalue weighted by Gasteiger charge is -2.10. The Hall–Kier alpha value is -3.18. The van der Waals surface area contributed by atoms with E-state index in [1.165, 1.54) is 4.68 Å². The van der Waals surface area contributed by atoms with E-state index in [9.17, 15) is 9.59 Å². The molecule has 128 valence electrons. The van der Waals surface area contributed by atoms with Gasteiger partial charge in [-0.15, -0.1) is 0 Å². The minimum Gasteiger partial charge on any atom is -0.320 e. The molecule has 5 nitrogen and oxygen atoms in total. The Morgan fingerprint density at radius 2 is 1.81 bits per heavy atom. The third-order valence-electron chi connectivity index (χ3n) is 4.27. The van der Waals surface area contributed by atoms with Crippen LogP contribution in [0.25, 0.3) is 21.7 Å². The Balaban J connectivity index is 1.81. The van der Waals surface area contributed by atoms with Gasteiger partial charge in [0.15, 0.2) is 5.69 Å². The number of amides is 1. The van der Waals surface area contributed by atoms with Crippen LogP contribution in [0, 0.1) is 0 Å². The summed E-state index contributed by atoms with van der Waals surface area (Å²) >= 11 is 6.00. The van der Waals surface area contributed by atoms with Gasteiger partial charge < -0.3 is 5.32 Å². The van der Waals surface area contributed by atoms with Gasteiger partial charge in [0, 0.05) is 23.1 Å². The SMILES string of the molecule is Cn1nc(C(=O)Nc2cccc3ccccc23)c(=O)c2cc(Cl)ccc21. The largest absolute Gasteiger partial charge is 0.320 e. The second-order valence-corrected chi connectivity index (χ2v) is 6.38. The molecule has 3 aromatic carbocycles. The molecular weight excluding hydrogens is 350 g/mol. The molecule has 0 atom stereocenters. The molecular formula is C20H14ClN3O2. The zero-order chi connectivity index (χ0) is 18.3. The van der Waals surface area contributed by atoms with Gasteiger partial charge in [0.1, 0.15) is 0 Å². The maximum atomic E-state index is 12.7. The highest BCUT2D eigenvalue weighted by Gasteiger charge is 2.17. The number of aryl methyl sites for hydroxylation is 1. The van der Waals surface area contributed by atoms with E-state index in [0.717, 1.165) is 10.8 Å². The van der Waals surface area contributed by atoms with Crippen molar-refractivity contribution < 1.29 is 4.79 Å². The van der Waals surface area contributed by atoms with Crippen LogP contribution >= 0.6 is 11.6 Å². The minimum absolute atomic E-state index is 0.171. The number of nitrogens with zero attached hydrogens (tertiary/aromatic N) is 2. The summed E-state index contributed by atoms with van der Waals surface area (Å²) in [5, 5.41) is 9.64. The third kappa shape index (κ3) is 2.72. The fourth-order valence-electron chi connectivity index (χ4n) is 3.01. The lowest BCUT2D eigenvalue weighted by Crippen LogP contribution is -2.26. The van der Waals surface area contributed by atoms with Crippen LogP contribution in [0.4, 0.5) is 5.69 Å². The molecule has 4 aromatic rings. The van der Waals surface area contributed by atoms with Crippen LogP contribution in [0.5, 0.6) is 0 Å². The molecule has 1 aromatic heterocycles. The number of halogens is 1. The summed E-state index contributed by atoms with van der Waals surface area (Å²) in [7, 11) is 1.68. The molecule has 26 heavy (non-hydrogen) atoms. The zero-order valence-corrected chi connectivity index (χ0v) is 14.6.